The summed E-state index contributed by atoms with van der Waals surface area (Å²) in [4.78, 5) is 6.79. The quantitative estimate of drug-likeness (QED) is 0.911. The number of hydrogen-bond acceptors (Lipinski definition) is 4. The summed E-state index contributed by atoms with van der Waals surface area (Å²) in [6, 6.07) is 8.43. The van der Waals surface area contributed by atoms with E-state index in [4.69, 9.17) is 4.42 Å². The number of hydrogen-bond donors (Lipinski definition) is 1. The fraction of sp³-hybridized carbons (Fsp3) is 0.471. The molecule has 1 aromatic heterocycles. The van der Waals surface area contributed by atoms with Gasteiger partial charge in [0.25, 0.3) is 0 Å². The number of benzene rings is 1. The van der Waals surface area contributed by atoms with Crippen LogP contribution >= 0.6 is 0 Å². The molecular weight excluding hydrogens is 262 g/mol. The lowest BCUT2D eigenvalue weighted by molar-refractivity contribution is 0.380. The molecule has 112 valence electrons. The van der Waals surface area contributed by atoms with E-state index in [9.17, 15) is 0 Å². The number of rotatable bonds is 2. The molecule has 1 aliphatic rings. The molecule has 2 heterocycles. The van der Waals surface area contributed by atoms with E-state index in [0.29, 0.717) is 0 Å². The predicted octanol–water partition coefficient (Wildman–Crippen LogP) is 3.79. The Morgan fingerprint density at radius 2 is 2.10 bits per heavy atom. The second-order valence-electron chi connectivity index (χ2n) is 6.59. The fourth-order valence-corrected chi connectivity index (χ4v) is 2.57. The molecule has 0 saturated heterocycles. The van der Waals surface area contributed by atoms with Crippen molar-refractivity contribution in [3.05, 3.63) is 42.1 Å². The maximum Gasteiger partial charge on any atom is 0.213 e. The van der Waals surface area contributed by atoms with Crippen molar-refractivity contribution in [2.75, 3.05) is 23.3 Å². The van der Waals surface area contributed by atoms with Crippen molar-refractivity contribution < 1.29 is 4.42 Å². The third kappa shape index (κ3) is 3.04. The van der Waals surface area contributed by atoms with Crippen LogP contribution in [0.2, 0.25) is 0 Å². The van der Waals surface area contributed by atoms with Crippen molar-refractivity contribution in [1.29, 1.82) is 0 Å². The smallest absolute Gasteiger partial charge is 0.213 e. The van der Waals surface area contributed by atoms with Crippen molar-refractivity contribution in [3.63, 3.8) is 0 Å². The third-order valence-electron chi connectivity index (χ3n) is 3.78. The first kappa shape index (κ1) is 14.0. The Kier molecular flexibility index (Phi) is 3.62. The van der Waals surface area contributed by atoms with Crippen molar-refractivity contribution in [2.24, 2.45) is 0 Å². The van der Waals surface area contributed by atoms with Crippen molar-refractivity contribution in [3.8, 4) is 0 Å². The molecule has 0 saturated carbocycles. The van der Waals surface area contributed by atoms with Gasteiger partial charge in [-0.1, -0.05) is 32.9 Å². The topological polar surface area (TPSA) is 41.3 Å². The van der Waals surface area contributed by atoms with Gasteiger partial charge in [0.15, 0.2) is 0 Å². The largest absolute Gasteiger partial charge is 0.443 e. The number of oxazole rings is 1. The number of nitrogens with one attached hydrogen (secondary N) is 1. The van der Waals surface area contributed by atoms with Crippen LogP contribution in [0, 0.1) is 0 Å². The lowest BCUT2D eigenvalue weighted by atomic mass is 9.94. The lowest BCUT2D eigenvalue weighted by Gasteiger charge is -2.22. The highest BCUT2D eigenvalue weighted by atomic mass is 16.4. The number of para-hydroxylation sites is 2. The van der Waals surface area contributed by atoms with Crippen LogP contribution in [0.4, 0.5) is 11.4 Å². The van der Waals surface area contributed by atoms with Gasteiger partial charge in [-0.05, 0) is 18.6 Å². The minimum absolute atomic E-state index is 0.00347. The molecule has 2 aromatic rings. The van der Waals surface area contributed by atoms with Gasteiger partial charge in [0, 0.05) is 18.5 Å². The average molecular weight is 285 g/mol. The van der Waals surface area contributed by atoms with Crippen LogP contribution in [0.15, 0.2) is 34.9 Å². The number of nitrogens with zero attached hydrogens (tertiary/aromatic N) is 2. The zero-order chi connectivity index (χ0) is 14.9. The Hall–Kier alpha value is -1.97. The van der Waals surface area contributed by atoms with Gasteiger partial charge in [-0.25, -0.2) is 4.98 Å². The van der Waals surface area contributed by atoms with Crippen molar-refractivity contribution in [2.45, 2.75) is 39.2 Å². The monoisotopic (exact) mass is 285 g/mol. The standard InChI is InChI=1S/C17H23N3O/c1-17(2,3)15-11-19-16(21-15)12-20-10-6-9-18-13-7-4-5-8-14(13)20/h4-5,7-8,11,18H,6,9-10,12H2,1-3H3. The summed E-state index contributed by atoms with van der Waals surface area (Å²) in [5, 5.41) is 3.48. The Bertz CT molecular complexity index is 612. The Balaban J connectivity index is 1.83. The summed E-state index contributed by atoms with van der Waals surface area (Å²) < 4.78 is 5.93. The van der Waals surface area contributed by atoms with E-state index >= 15 is 0 Å². The van der Waals surface area contributed by atoms with Gasteiger partial charge < -0.3 is 14.6 Å². The highest BCUT2D eigenvalue weighted by Crippen LogP contribution is 2.30. The Morgan fingerprint density at radius 1 is 1.29 bits per heavy atom. The first-order chi connectivity index (χ1) is 10.0. The van der Waals surface area contributed by atoms with E-state index in [1.165, 1.54) is 11.4 Å². The van der Waals surface area contributed by atoms with Crippen LogP contribution in [0.5, 0.6) is 0 Å². The van der Waals surface area contributed by atoms with Crippen LogP contribution in [0.1, 0.15) is 38.8 Å². The van der Waals surface area contributed by atoms with Crippen LogP contribution in [-0.2, 0) is 12.0 Å². The molecule has 0 amide bonds. The number of anilines is 2. The summed E-state index contributed by atoms with van der Waals surface area (Å²) >= 11 is 0. The van der Waals surface area contributed by atoms with Crippen LogP contribution < -0.4 is 10.2 Å². The van der Waals surface area contributed by atoms with E-state index in [-0.39, 0.29) is 5.41 Å². The van der Waals surface area contributed by atoms with E-state index in [1.54, 1.807) is 0 Å². The Labute approximate surface area is 126 Å². The fourth-order valence-electron chi connectivity index (χ4n) is 2.57. The van der Waals surface area contributed by atoms with Crippen LogP contribution in [-0.4, -0.2) is 18.1 Å². The zero-order valence-electron chi connectivity index (χ0n) is 13.0. The SMILES string of the molecule is CC(C)(C)c1cnc(CN2CCCNc3ccccc32)o1. The minimum atomic E-state index is 0.00347. The molecule has 4 heteroatoms. The van der Waals surface area contributed by atoms with Crippen LogP contribution in [0.3, 0.4) is 0 Å². The van der Waals surface area contributed by atoms with E-state index < -0.39 is 0 Å². The second kappa shape index (κ2) is 5.43. The van der Waals surface area contributed by atoms with Gasteiger partial charge in [-0.2, -0.15) is 0 Å². The van der Waals surface area contributed by atoms with Gasteiger partial charge in [0.1, 0.15) is 5.76 Å². The molecule has 1 aliphatic heterocycles. The molecule has 0 atom stereocenters. The average Bonchev–Trinajstić information content (AvgIpc) is 2.82. The highest BCUT2D eigenvalue weighted by Gasteiger charge is 2.21. The molecule has 1 N–H and O–H groups in total. The molecule has 0 fully saturated rings. The summed E-state index contributed by atoms with van der Waals surface area (Å²) in [6.07, 6.45) is 2.97. The van der Waals surface area contributed by atoms with Gasteiger partial charge in [-0.15, -0.1) is 0 Å². The first-order valence-electron chi connectivity index (χ1n) is 7.57. The second-order valence-corrected chi connectivity index (χ2v) is 6.59. The molecule has 0 bridgehead atoms. The number of aromatic nitrogens is 1. The third-order valence-corrected chi connectivity index (χ3v) is 3.78. The van der Waals surface area contributed by atoms with Gasteiger partial charge in [0.05, 0.1) is 24.1 Å². The maximum atomic E-state index is 5.93. The van der Waals surface area contributed by atoms with E-state index in [1.807, 2.05) is 6.20 Å². The van der Waals surface area contributed by atoms with E-state index in [2.05, 4.69) is 60.2 Å². The molecular formula is C17H23N3O. The predicted molar refractivity (Wildman–Crippen MR) is 85.8 cm³/mol. The van der Waals surface area contributed by atoms with Crippen molar-refractivity contribution >= 4 is 11.4 Å². The molecule has 1 aromatic carbocycles. The number of fused-ring (bicyclic) bond motifs is 1. The molecule has 3 rings (SSSR count). The molecule has 0 radical (unpaired) electrons. The Morgan fingerprint density at radius 3 is 2.86 bits per heavy atom. The van der Waals surface area contributed by atoms with E-state index in [0.717, 1.165) is 37.7 Å². The van der Waals surface area contributed by atoms with Gasteiger partial charge in [-0.3, -0.25) is 0 Å². The van der Waals surface area contributed by atoms with Gasteiger partial charge >= 0.3 is 0 Å². The summed E-state index contributed by atoms with van der Waals surface area (Å²) in [7, 11) is 0. The van der Waals surface area contributed by atoms with Crippen molar-refractivity contribution in [1.82, 2.24) is 4.98 Å². The summed E-state index contributed by atoms with van der Waals surface area (Å²) in [6.45, 7) is 9.16. The summed E-state index contributed by atoms with van der Waals surface area (Å²) in [5.41, 5.74) is 2.42. The summed E-state index contributed by atoms with van der Waals surface area (Å²) in [5.74, 6) is 1.73. The first-order valence-corrected chi connectivity index (χ1v) is 7.57. The molecule has 21 heavy (non-hydrogen) atoms. The molecule has 0 aliphatic carbocycles. The molecule has 0 spiro atoms. The van der Waals surface area contributed by atoms with Gasteiger partial charge in [0.2, 0.25) is 5.89 Å². The zero-order valence-corrected chi connectivity index (χ0v) is 13.0. The molecule has 0 unspecified atom stereocenters. The maximum absolute atomic E-state index is 5.93. The van der Waals surface area contributed by atoms with Crippen LogP contribution in [0.25, 0.3) is 0 Å². The molecule has 4 nitrogen and oxygen atoms in total. The lowest BCUT2D eigenvalue weighted by Crippen LogP contribution is -2.23. The minimum Gasteiger partial charge on any atom is -0.443 e. The highest BCUT2D eigenvalue weighted by molar-refractivity contribution is 5.70. The normalized spacial score (nSPS) is 15.3.